The predicted octanol–water partition coefficient (Wildman–Crippen LogP) is 4.99. The van der Waals surface area contributed by atoms with Gasteiger partial charge in [0.1, 0.15) is 0 Å². The van der Waals surface area contributed by atoms with Gasteiger partial charge in [-0.05, 0) is 0 Å². The summed E-state index contributed by atoms with van der Waals surface area (Å²) in [6, 6.07) is 0. The van der Waals surface area contributed by atoms with E-state index in [1.165, 1.54) is 38.5 Å². The Hall–Kier alpha value is 0.634. The van der Waals surface area contributed by atoms with E-state index in [1.54, 1.807) is 0 Å². The summed E-state index contributed by atoms with van der Waals surface area (Å²) in [4.78, 5) is 0. The number of nitrogens with zero attached hydrogens (tertiary/aromatic N) is 2. The van der Waals surface area contributed by atoms with Crippen LogP contribution in [0.25, 0.3) is 0 Å². The van der Waals surface area contributed by atoms with Gasteiger partial charge in [-0.1, -0.05) is 0 Å². The fourth-order valence-corrected chi connectivity index (χ4v) is 7.34. The first-order valence-electron chi connectivity index (χ1n) is 8.76. The molecule has 0 aromatic carbocycles. The zero-order valence-electron chi connectivity index (χ0n) is 15.6. The summed E-state index contributed by atoms with van der Waals surface area (Å²) in [7, 11) is 0. The van der Waals surface area contributed by atoms with Crippen LogP contribution in [0.5, 0.6) is 0 Å². The fourth-order valence-electron chi connectivity index (χ4n) is 4.63. The minimum atomic E-state index is -0.276. The van der Waals surface area contributed by atoms with Gasteiger partial charge in [0.15, 0.2) is 0 Å². The Morgan fingerprint density at radius 1 is 0.524 bits per heavy atom. The van der Waals surface area contributed by atoms with Crippen LogP contribution in [-0.2, 0) is 19.7 Å². The molecule has 0 amide bonds. The Balaban J connectivity index is 2.28. The van der Waals surface area contributed by atoms with Crippen LogP contribution in [0.1, 0.15) is 93.9 Å². The van der Waals surface area contributed by atoms with Gasteiger partial charge in [-0.25, -0.2) is 0 Å². The Morgan fingerprint density at radius 3 is 1.00 bits per heavy atom. The molecule has 0 unspecified atom stereocenters. The zero-order valence-corrected chi connectivity index (χ0v) is 17.2. The van der Waals surface area contributed by atoms with E-state index in [4.69, 9.17) is 0 Å². The number of hydrogen-bond acceptors (Lipinski definition) is 2. The monoisotopic (exact) mass is 328 g/mol. The van der Waals surface area contributed by atoms with Crippen molar-refractivity contribution < 1.29 is 19.7 Å². The van der Waals surface area contributed by atoms with Gasteiger partial charge in [0.05, 0.1) is 0 Å². The Kier molecular flexibility index (Phi) is 4.81. The van der Waals surface area contributed by atoms with E-state index in [9.17, 15) is 0 Å². The van der Waals surface area contributed by atoms with Crippen molar-refractivity contribution in [2.75, 3.05) is 0 Å². The summed E-state index contributed by atoms with van der Waals surface area (Å²) < 4.78 is 5.83. The summed E-state index contributed by atoms with van der Waals surface area (Å²) in [6.07, 6.45) is 8.19. The predicted molar refractivity (Wildman–Crippen MR) is 87.7 cm³/mol. The molecule has 0 spiro atoms. The van der Waals surface area contributed by atoms with Crippen LogP contribution >= 0.6 is 0 Å². The first kappa shape index (κ1) is 18.0. The van der Waals surface area contributed by atoms with Crippen molar-refractivity contribution in [1.29, 1.82) is 0 Å². The van der Waals surface area contributed by atoms with Gasteiger partial charge >= 0.3 is 143 Å². The van der Waals surface area contributed by atoms with Gasteiger partial charge in [-0.15, -0.1) is 0 Å². The van der Waals surface area contributed by atoms with Gasteiger partial charge in [0.2, 0.25) is 0 Å². The van der Waals surface area contributed by atoms with Crippen molar-refractivity contribution in [3.05, 3.63) is 0 Å². The molecule has 0 aromatic rings. The molecule has 3 heteroatoms. The van der Waals surface area contributed by atoms with Gasteiger partial charge in [0, 0.05) is 0 Å². The molecule has 0 radical (unpaired) electrons. The molecule has 2 aliphatic rings. The van der Waals surface area contributed by atoms with Crippen LogP contribution in [0, 0.1) is 0 Å². The van der Waals surface area contributed by atoms with Crippen molar-refractivity contribution in [3.63, 3.8) is 0 Å². The maximum absolute atomic E-state index is 2.92. The third-order valence-corrected chi connectivity index (χ3v) is 10.2. The first-order valence-corrected chi connectivity index (χ1v) is 10.2. The van der Waals surface area contributed by atoms with Crippen LogP contribution in [0.2, 0.25) is 0 Å². The summed E-state index contributed by atoms with van der Waals surface area (Å²) in [5.74, 6) is 0. The third kappa shape index (κ3) is 3.60. The summed E-state index contributed by atoms with van der Waals surface area (Å²) in [6.45, 7) is 19.8. The second kappa shape index (κ2) is 5.62. The van der Waals surface area contributed by atoms with Crippen LogP contribution in [-0.4, -0.2) is 28.9 Å². The minimum absolute atomic E-state index is 0.276. The van der Waals surface area contributed by atoms with E-state index in [0.717, 1.165) is 0 Å². The average Bonchev–Trinajstić information content (AvgIpc) is 2.23. The Labute approximate surface area is 142 Å². The zero-order chi connectivity index (χ0) is 16.1. The normalized spacial score (nSPS) is 31.8. The second-order valence-corrected chi connectivity index (χ2v) is 11.4. The van der Waals surface area contributed by atoms with Crippen molar-refractivity contribution >= 4 is 0 Å². The first-order chi connectivity index (χ1) is 9.39. The molecular weight excluding hydrogens is 292 g/mol. The SMILES string of the molecule is CC1(C)CCCC(C)(C)[N]1[Ti][N]1C(C)(C)CCCC1(C)C. The van der Waals surface area contributed by atoms with E-state index in [2.05, 4.69) is 62.2 Å². The molecule has 0 aromatic heterocycles. The molecule has 0 saturated carbocycles. The molecular formula is C18H36N2Ti. The van der Waals surface area contributed by atoms with E-state index in [1.807, 2.05) is 0 Å². The quantitative estimate of drug-likeness (QED) is 0.659. The van der Waals surface area contributed by atoms with Crippen LogP contribution in [0.15, 0.2) is 0 Å². The Bertz CT molecular complexity index is 317. The molecule has 2 nitrogen and oxygen atoms in total. The molecule has 0 atom stereocenters. The van der Waals surface area contributed by atoms with Gasteiger partial charge in [-0.3, -0.25) is 0 Å². The molecule has 2 fully saturated rings. The van der Waals surface area contributed by atoms with E-state index >= 15 is 0 Å². The fraction of sp³-hybridized carbons (Fsp3) is 1.00. The van der Waals surface area contributed by atoms with Crippen molar-refractivity contribution in [3.8, 4) is 0 Å². The maximum atomic E-state index is 2.92. The molecule has 122 valence electrons. The molecule has 0 bridgehead atoms. The summed E-state index contributed by atoms with van der Waals surface area (Å²) in [5, 5.41) is 0. The molecule has 2 rings (SSSR count). The molecule has 21 heavy (non-hydrogen) atoms. The molecule has 0 N–H and O–H groups in total. The van der Waals surface area contributed by atoms with Crippen LogP contribution in [0.3, 0.4) is 0 Å². The van der Waals surface area contributed by atoms with Crippen molar-refractivity contribution in [2.45, 2.75) is 116 Å². The summed E-state index contributed by atoms with van der Waals surface area (Å²) in [5.41, 5.74) is 1.47. The Morgan fingerprint density at radius 2 is 0.762 bits per heavy atom. The van der Waals surface area contributed by atoms with E-state index in [-0.39, 0.29) is 19.7 Å². The van der Waals surface area contributed by atoms with Crippen molar-refractivity contribution in [1.82, 2.24) is 6.76 Å². The summed E-state index contributed by atoms with van der Waals surface area (Å²) >= 11 is -0.276. The molecule has 2 aliphatic heterocycles. The molecule has 2 heterocycles. The second-order valence-electron chi connectivity index (χ2n) is 9.73. The van der Waals surface area contributed by atoms with Crippen LogP contribution in [0.4, 0.5) is 0 Å². The van der Waals surface area contributed by atoms with Crippen LogP contribution < -0.4 is 0 Å². The number of rotatable bonds is 2. The average molecular weight is 328 g/mol. The topological polar surface area (TPSA) is 6.48 Å². The third-order valence-electron chi connectivity index (χ3n) is 5.78. The van der Waals surface area contributed by atoms with Gasteiger partial charge < -0.3 is 0 Å². The van der Waals surface area contributed by atoms with E-state index in [0.29, 0.717) is 22.2 Å². The van der Waals surface area contributed by atoms with E-state index < -0.39 is 0 Å². The molecule has 2 saturated heterocycles. The van der Waals surface area contributed by atoms with Gasteiger partial charge in [0.25, 0.3) is 0 Å². The standard InChI is InChI=1S/2C9H18N.Ti/c2*1-8(2)6-5-7-9(3,4)10-8;/h2*5-7H2,1-4H3;/q2*-1;+2. The van der Waals surface area contributed by atoms with Crippen molar-refractivity contribution in [2.24, 2.45) is 0 Å². The van der Waals surface area contributed by atoms with Gasteiger partial charge in [-0.2, -0.15) is 0 Å². The molecule has 0 aliphatic carbocycles. The number of hydrogen-bond donors (Lipinski definition) is 0. The number of piperidine rings is 2.